The molecule has 0 bridgehead atoms. The number of nitrogens with zero attached hydrogens (tertiary/aromatic N) is 1. The number of carbonyl (C=O) groups is 1. The fourth-order valence-electron chi connectivity index (χ4n) is 1.11. The number of hydrogen-bond acceptors (Lipinski definition) is 3. The maximum absolute atomic E-state index is 10.3. The zero-order valence-corrected chi connectivity index (χ0v) is 7.10. The molecule has 0 saturated heterocycles. The van der Waals surface area contributed by atoms with E-state index >= 15 is 0 Å². The summed E-state index contributed by atoms with van der Waals surface area (Å²) < 4.78 is 0. The fraction of sp³-hybridized carbons (Fsp3) is 0.200. The Balaban J connectivity index is 2.88. The normalized spacial score (nSPS) is 11.7. The van der Waals surface area contributed by atoms with Crippen molar-refractivity contribution in [2.45, 2.75) is 12.5 Å². The summed E-state index contributed by atoms with van der Waals surface area (Å²) in [7, 11) is 0. The molecule has 0 aliphatic heterocycles. The maximum atomic E-state index is 10.3. The van der Waals surface area contributed by atoms with E-state index in [2.05, 4.69) is 6.07 Å². The first-order valence-electron chi connectivity index (χ1n) is 3.97. The van der Waals surface area contributed by atoms with Crippen LogP contribution in [0.5, 0.6) is 0 Å². The number of aldehydes is 1. The van der Waals surface area contributed by atoms with E-state index in [-0.39, 0.29) is 0 Å². The number of nitriles is 1. The lowest BCUT2D eigenvalue weighted by atomic mass is 10.0. The number of nitrogens with two attached hydrogens (primary N) is 1. The summed E-state index contributed by atoms with van der Waals surface area (Å²) in [5.74, 6) is 0. The highest BCUT2D eigenvalue weighted by molar-refractivity contribution is 5.58. The van der Waals surface area contributed by atoms with Crippen molar-refractivity contribution in [3.8, 4) is 6.07 Å². The van der Waals surface area contributed by atoms with Gasteiger partial charge in [-0.2, -0.15) is 5.26 Å². The van der Waals surface area contributed by atoms with Gasteiger partial charge in [0, 0.05) is 0 Å². The first-order valence-corrected chi connectivity index (χ1v) is 3.97. The van der Waals surface area contributed by atoms with Crippen molar-refractivity contribution < 1.29 is 4.79 Å². The quantitative estimate of drug-likeness (QED) is 0.683. The molecule has 0 aliphatic rings. The molecule has 3 nitrogen and oxygen atoms in total. The first kappa shape index (κ1) is 9.43. The highest BCUT2D eigenvalue weighted by Gasteiger charge is 2.05. The van der Waals surface area contributed by atoms with Crippen LogP contribution >= 0.6 is 0 Å². The van der Waals surface area contributed by atoms with E-state index < -0.39 is 6.04 Å². The largest absolute Gasteiger partial charge is 0.321 e. The Kier molecular flexibility index (Phi) is 3.18. The van der Waals surface area contributed by atoms with Crippen molar-refractivity contribution in [1.29, 1.82) is 5.26 Å². The Morgan fingerprint density at radius 3 is 2.85 bits per heavy atom. The lowest BCUT2D eigenvalue weighted by molar-refractivity contribution is -0.108. The van der Waals surface area contributed by atoms with Crippen LogP contribution in [0.25, 0.3) is 0 Å². The maximum Gasteiger partial charge on any atom is 0.137 e. The molecule has 3 heteroatoms. The minimum Gasteiger partial charge on any atom is -0.321 e. The summed E-state index contributed by atoms with van der Waals surface area (Å²) in [6.45, 7) is 0. The number of hydrogen-bond donors (Lipinski definition) is 1. The van der Waals surface area contributed by atoms with Crippen LogP contribution in [0.3, 0.4) is 0 Å². The van der Waals surface area contributed by atoms with Gasteiger partial charge in [-0.3, -0.25) is 0 Å². The summed E-state index contributed by atoms with van der Waals surface area (Å²) in [4.78, 5) is 10.3. The van der Waals surface area contributed by atoms with Crippen LogP contribution < -0.4 is 5.73 Å². The van der Waals surface area contributed by atoms with Crippen LogP contribution in [0.15, 0.2) is 24.3 Å². The molecule has 1 rings (SSSR count). The van der Waals surface area contributed by atoms with Gasteiger partial charge in [0.2, 0.25) is 0 Å². The Morgan fingerprint density at radius 1 is 1.54 bits per heavy atom. The van der Waals surface area contributed by atoms with E-state index in [1.54, 1.807) is 12.1 Å². The average molecular weight is 174 g/mol. The first-order chi connectivity index (χ1) is 6.27. The SMILES string of the molecule is N#Cc1ccccc1C[C@H](N)C=O. The summed E-state index contributed by atoms with van der Waals surface area (Å²) in [6, 6.07) is 8.67. The molecule has 13 heavy (non-hydrogen) atoms. The van der Waals surface area contributed by atoms with E-state index in [1.165, 1.54) is 0 Å². The van der Waals surface area contributed by atoms with Gasteiger partial charge >= 0.3 is 0 Å². The predicted octanol–water partition coefficient (Wildman–Crippen LogP) is 0.627. The molecule has 0 aliphatic carbocycles. The zero-order chi connectivity index (χ0) is 9.68. The molecule has 0 fully saturated rings. The van der Waals surface area contributed by atoms with Crippen molar-refractivity contribution >= 4 is 6.29 Å². The third kappa shape index (κ3) is 2.39. The molecule has 1 atom stereocenters. The third-order valence-electron chi connectivity index (χ3n) is 1.77. The molecule has 0 aromatic heterocycles. The van der Waals surface area contributed by atoms with Crippen LogP contribution in [0.2, 0.25) is 0 Å². The van der Waals surface area contributed by atoms with E-state index in [1.807, 2.05) is 12.1 Å². The van der Waals surface area contributed by atoms with Crippen LogP contribution in [0, 0.1) is 11.3 Å². The third-order valence-corrected chi connectivity index (χ3v) is 1.77. The molecular weight excluding hydrogens is 164 g/mol. The summed E-state index contributed by atoms with van der Waals surface area (Å²) in [5.41, 5.74) is 6.86. The predicted molar refractivity (Wildman–Crippen MR) is 48.9 cm³/mol. The van der Waals surface area contributed by atoms with E-state index in [4.69, 9.17) is 11.0 Å². The Labute approximate surface area is 76.8 Å². The topological polar surface area (TPSA) is 66.9 Å². The second-order valence-electron chi connectivity index (χ2n) is 2.77. The molecule has 0 saturated carbocycles. The number of rotatable bonds is 3. The molecule has 1 aromatic carbocycles. The van der Waals surface area contributed by atoms with Crippen molar-refractivity contribution in [2.24, 2.45) is 5.73 Å². The molecule has 0 unspecified atom stereocenters. The van der Waals surface area contributed by atoms with Gasteiger partial charge in [0.15, 0.2) is 0 Å². The smallest absolute Gasteiger partial charge is 0.137 e. The van der Waals surface area contributed by atoms with Gasteiger partial charge in [-0.05, 0) is 18.1 Å². The Hall–Kier alpha value is -1.66. The Bertz CT molecular complexity index is 341. The van der Waals surface area contributed by atoms with Gasteiger partial charge in [0.05, 0.1) is 17.7 Å². The fourth-order valence-corrected chi connectivity index (χ4v) is 1.11. The summed E-state index contributed by atoms with van der Waals surface area (Å²) >= 11 is 0. The number of carbonyl (C=O) groups excluding carboxylic acids is 1. The van der Waals surface area contributed by atoms with E-state index in [9.17, 15) is 4.79 Å². The highest BCUT2D eigenvalue weighted by Crippen LogP contribution is 2.08. The second-order valence-corrected chi connectivity index (χ2v) is 2.77. The van der Waals surface area contributed by atoms with Crippen molar-refractivity contribution in [3.63, 3.8) is 0 Å². The standard InChI is InChI=1S/C10H10N2O/c11-6-9-4-2-1-3-8(9)5-10(12)7-13/h1-4,7,10H,5,12H2/t10-/m0/s1. The van der Waals surface area contributed by atoms with Crippen molar-refractivity contribution in [1.82, 2.24) is 0 Å². The van der Waals surface area contributed by atoms with E-state index in [0.717, 1.165) is 5.56 Å². The van der Waals surface area contributed by atoms with Gasteiger partial charge < -0.3 is 10.5 Å². The van der Waals surface area contributed by atoms with Gasteiger partial charge in [-0.15, -0.1) is 0 Å². The lowest BCUT2D eigenvalue weighted by Crippen LogP contribution is -2.24. The molecule has 0 spiro atoms. The summed E-state index contributed by atoms with van der Waals surface area (Å²) in [5, 5.41) is 8.72. The van der Waals surface area contributed by atoms with Crippen molar-refractivity contribution in [2.75, 3.05) is 0 Å². The van der Waals surface area contributed by atoms with E-state index in [0.29, 0.717) is 18.3 Å². The van der Waals surface area contributed by atoms with Crippen LogP contribution in [-0.4, -0.2) is 12.3 Å². The molecule has 0 amide bonds. The lowest BCUT2D eigenvalue weighted by Gasteiger charge is -2.04. The van der Waals surface area contributed by atoms with Crippen LogP contribution in [-0.2, 0) is 11.2 Å². The van der Waals surface area contributed by atoms with Gasteiger partial charge in [-0.25, -0.2) is 0 Å². The van der Waals surface area contributed by atoms with Gasteiger partial charge in [0.1, 0.15) is 6.29 Å². The molecule has 0 heterocycles. The Morgan fingerprint density at radius 2 is 2.23 bits per heavy atom. The molecule has 2 N–H and O–H groups in total. The highest BCUT2D eigenvalue weighted by atomic mass is 16.1. The van der Waals surface area contributed by atoms with Crippen LogP contribution in [0.4, 0.5) is 0 Å². The van der Waals surface area contributed by atoms with Gasteiger partial charge in [0.25, 0.3) is 0 Å². The minimum atomic E-state index is -0.519. The van der Waals surface area contributed by atoms with Crippen LogP contribution in [0.1, 0.15) is 11.1 Å². The molecule has 1 aromatic rings. The number of benzene rings is 1. The molecule has 0 radical (unpaired) electrons. The van der Waals surface area contributed by atoms with Crippen molar-refractivity contribution in [3.05, 3.63) is 35.4 Å². The summed E-state index contributed by atoms with van der Waals surface area (Å²) in [6.07, 6.45) is 1.11. The average Bonchev–Trinajstić information content (AvgIpc) is 2.18. The van der Waals surface area contributed by atoms with Gasteiger partial charge in [-0.1, -0.05) is 18.2 Å². The second kappa shape index (κ2) is 4.39. The molecular formula is C10H10N2O. The zero-order valence-electron chi connectivity index (χ0n) is 7.10. The minimum absolute atomic E-state index is 0.424. The molecule has 66 valence electrons. The monoisotopic (exact) mass is 174 g/mol.